The molecule has 4 unspecified atom stereocenters. The van der Waals surface area contributed by atoms with Crippen molar-refractivity contribution in [2.24, 2.45) is 5.92 Å². The minimum absolute atomic E-state index is 0.0486. The summed E-state index contributed by atoms with van der Waals surface area (Å²) in [5.41, 5.74) is 7.35. The first-order valence-corrected chi connectivity index (χ1v) is 4.59. The quantitative estimate of drug-likeness (QED) is 0.543. The molecule has 1 fully saturated rings. The Labute approximate surface area is 69.5 Å². The average Bonchev–Trinajstić information content (AvgIpc) is 2.30. The summed E-state index contributed by atoms with van der Waals surface area (Å²) in [7, 11) is 0. The lowest BCUT2D eigenvalue weighted by Crippen LogP contribution is -2.22. The summed E-state index contributed by atoms with van der Waals surface area (Å²) in [6.45, 7) is 0. The molecule has 2 rings (SSSR count). The fraction of sp³-hybridized carbons (Fsp3) is 0.500. The molecule has 0 aromatic heterocycles. The van der Waals surface area contributed by atoms with Gasteiger partial charge in [-0.2, -0.15) is 0 Å². The van der Waals surface area contributed by atoms with Crippen molar-refractivity contribution in [1.29, 1.82) is 0 Å². The SMILES string of the molecule is [NH]C1SC2C=CC=CC2C1F. The molecule has 0 aromatic carbocycles. The van der Waals surface area contributed by atoms with E-state index in [1.54, 1.807) is 0 Å². The minimum atomic E-state index is -0.980. The van der Waals surface area contributed by atoms with Gasteiger partial charge in [-0.3, -0.25) is 0 Å². The van der Waals surface area contributed by atoms with E-state index in [0.29, 0.717) is 0 Å². The van der Waals surface area contributed by atoms with E-state index in [9.17, 15) is 4.39 Å². The van der Waals surface area contributed by atoms with E-state index in [-0.39, 0.29) is 11.2 Å². The van der Waals surface area contributed by atoms with E-state index < -0.39 is 11.5 Å². The van der Waals surface area contributed by atoms with Gasteiger partial charge in [0.1, 0.15) is 6.17 Å². The van der Waals surface area contributed by atoms with Crippen molar-refractivity contribution >= 4 is 11.8 Å². The normalized spacial score (nSPS) is 47.8. The molecule has 1 saturated heterocycles. The van der Waals surface area contributed by atoms with Crippen LogP contribution in [0, 0.1) is 5.92 Å². The smallest absolute Gasteiger partial charge is 0.133 e. The summed E-state index contributed by atoms with van der Waals surface area (Å²) < 4.78 is 13.2. The fourth-order valence-corrected chi connectivity index (χ4v) is 2.75. The Balaban J connectivity index is 2.20. The molecule has 0 amide bonds. The third kappa shape index (κ3) is 1.12. The van der Waals surface area contributed by atoms with Crippen molar-refractivity contribution in [2.45, 2.75) is 16.8 Å². The average molecular weight is 170 g/mol. The Bertz CT molecular complexity index is 214. The van der Waals surface area contributed by atoms with Gasteiger partial charge in [-0.05, 0) is 0 Å². The van der Waals surface area contributed by atoms with Gasteiger partial charge in [0.05, 0.1) is 5.37 Å². The van der Waals surface area contributed by atoms with Gasteiger partial charge in [0.25, 0.3) is 0 Å². The zero-order chi connectivity index (χ0) is 7.84. The van der Waals surface area contributed by atoms with Gasteiger partial charge in [0.15, 0.2) is 0 Å². The molecular weight excluding hydrogens is 161 g/mol. The highest BCUT2D eigenvalue weighted by molar-refractivity contribution is 8.01. The van der Waals surface area contributed by atoms with Gasteiger partial charge in [-0.1, -0.05) is 24.3 Å². The van der Waals surface area contributed by atoms with Crippen molar-refractivity contribution in [2.75, 3.05) is 0 Å². The maximum absolute atomic E-state index is 13.2. The molecule has 3 heteroatoms. The molecule has 0 aromatic rings. The summed E-state index contributed by atoms with van der Waals surface area (Å²) in [5.74, 6) is -0.0486. The largest absolute Gasteiger partial charge is 0.244 e. The number of alkyl halides is 1. The first-order valence-electron chi connectivity index (χ1n) is 3.64. The highest BCUT2D eigenvalue weighted by Gasteiger charge is 2.40. The van der Waals surface area contributed by atoms with E-state index in [1.807, 2.05) is 24.3 Å². The third-order valence-electron chi connectivity index (χ3n) is 2.09. The van der Waals surface area contributed by atoms with Gasteiger partial charge in [0.2, 0.25) is 0 Å². The molecule has 2 aliphatic rings. The number of hydrogen-bond donors (Lipinski definition) is 0. The second-order valence-electron chi connectivity index (χ2n) is 2.81. The third-order valence-corrected chi connectivity index (χ3v) is 3.42. The van der Waals surface area contributed by atoms with Crippen LogP contribution in [0.1, 0.15) is 0 Å². The van der Waals surface area contributed by atoms with Crippen LogP contribution >= 0.6 is 11.8 Å². The zero-order valence-electron chi connectivity index (χ0n) is 5.91. The van der Waals surface area contributed by atoms with E-state index in [0.717, 1.165) is 0 Å². The van der Waals surface area contributed by atoms with E-state index in [4.69, 9.17) is 5.73 Å². The lowest BCUT2D eigenvalue weighted by molar-refractivity contribution is 0.274. The summed E-state index contributed by atoms with van der Waals surface area (Å²) in [6.07, 6.45) is 6.67. The Morgan fingerprint density at radius 3 is 2.73 bits per heavy atom. The lowest BCUT2D eigenvalue weighted by atomic mass is 9.96. The second-order valence-corrected chi connectivity index (χ2v) is 4.14. The van der Waals surface area contributed by atoms with Crippen LogP contribution in [0.5, 0.6) is 0 Å². The highest BCUT2D eigenvalue weighted by atomic mass is 32.2. The minimum Gasteiger partial charge on any atom is -0.244 e. The van der Waals surface area contributed by atoms with Crippen molar-refractivity contribution in [1.82, 2.24) is 5.73 Å². The molecule has 11 heavy (non-hydrogen) atoms. The summed E-state index contributed by atoms with van der Waals surface area (Å²) >= 11 is 1.41. The van der Waals surface area contributed by atoms with Crippen molar-refractivity contribution in [3.8, 4) is 0 Å². The first-order chi connectivity index (χ1) is 5.29. The topological polar surface area (TPSA) is 23.8 Å². The lowest BCUT2D eigenvalue weighted by Gasteiger charge is -2.14. The van der Waals surface area contributed by atoms with Crippen LogP contribution in [0.4, 0.5) is 4.39 Å². The van der Waals surface area contributed by atoms with Gasteiger partial charge < -0.3 is 0 Å². The van der Waals surface area contributed by atoms with Gasteiger partial charge >= 0.3 is 0 Å². The van der Waals surface area contributed by atoms with E-state index in [2.05, 4.69) is 0 Å². The number of allylic oxidation sites excluding steroid dienone is 3. The molecule has 0 bridgehead atoms. The van der Waals surface area contributed by atoms with Crippen molar-refractivity contribution < 1.29 is 4.39 Å². The number of nitrogens with one attached hydrogen (secondary N) is 1. The van der Waals surface area contributed by atoms with Crippen molar-refractivity contribution in [3.05, 3.63) is 24.3 Å². The van der Waals surface area contributed by atoms with E-state index >= 15 is 0 Å². The number of fused-ring (bicyclic) bond motifs is 1. The molecule has 1 heterocycles. The highest BCUT2D eigenvalue weighted by Crippen LogP contribution is 2.41. The van der Waals surface area contributed by atoms with Crippen molar-refractivity contribution in [3.63, 3.8) is 0 Å². The number of thioether (sulfide) groups is 1. The Morgan fingerprint density at radius 1 is 1.27 bits per heavy atom. The van der Waals surface area contributed by atoms with Gasteiger partial charge in [0, 0.05) is 11.2 Å². The molecule has 0 saturated carbocycles. The number of hydrogen-bond acceptors (Lipinski definition) is 1. The second kappa shape index (κ2) is 2.64. The Morgan fingerprint density at radius 2 is 2.00 bits per heavy atom. The predicted molar refractivity (Wildman–Crippen MR) is 44.9 cm³/mol. The zero-order valence-corrected chi connectivity index (χ0v) is 6.72. The molecule has 0 spiro atoms. The van der Waals surface area contributed by atoms with E-state index in [1.165, 1.54) is 11.8 Å². The molecule has 1 aliphatic heterocycles. The van der Waals surface area contributed by atoms with Crippen LogP contribution in [0.15, 0.2) is 24.3 Å². The van der Waals surface area contributed by atoms with Crippen LogP contribution in [0.3, 0.4) is 0 Å². The van der Waals surface area contributed by atoms with Crippen LogP contribution in [-0.2, 0) is 0 Å². The number of halogens is 1. The monoisotopic (exact) mass is 170 g/mol. The van der Waals surface area contributed by atoms with Crippen LogP contribution in [0.25, 0.3) is 0 Å². The molecule has 1 nitrogen and oxygen atoms in total. The maximum atomic E-state index is 13.2. The van der Waals surface area contributed by atoms with Crippen LogP contribution in [-0.4, -0.2) is 16.8 Å². The molecular formula is C8H9FNS. The molecule has 1 N–H and O–H groups in total. The Kier molecular flexibility index (Phi) is 1.77. The fourth-order valence-electron chi connectivity index (χ4n) is 1.47. The van der Waals surface area contributed by atoms with Gasteiger partial charge in [-0.25, -0.2) is 10.1 Å². The maximum Gasteiger partial charge on any atom is 0.133 e. The first kappa shape index (κ1) is 7.37. The number of rotatable bonds is 0. The molecule has 1 radical (unpaired) electrons. The van der Waals surface area contributed by atoms with Gasteiger partial charge in [-0.15, -0.1) is 11.8 Å². The Hall–Kier alpha value is -0.280. The summed E-state index contributed by atoms with van der Waals surface area (Å²) in [6, 6.07) is 0. The van der Waals surface area contributed by atoms with Crippen LogP contribution in [0.2, 0.25) is 0 Å². The van der Waals surface area contributed by atoms with Crippen LogP contribution < -0.4 is 5.73 Å². The summed E-state index contributed by atoms with van der Waals surface area (Å²) in [4.78, 5) is 0. The summed E-state index contributed by atoms with van der Waals surface area (Å²) in [5, 5.41) is -0.380. The molecule has 59 valence electrons. The predicted octanol–water partition coefficient (Wildman–Crippen LogP) is 1.79. The molecule has 1 aliphatic carbocycles. The molecule has 4 atom stereocenters. The standard InChI is InChI=1S/C8H9FNS/c9-7-5-3-1-2-4-6(5)11-8(7)10/h1-8,10H.